The molecule has 0 unspecified atom stereocenters. The second kappa shape index (κ2) is 9.00. The minimum Gasteiger partial charge on any atom is -0.489 e. The number of halogens is 1. The van der Waals surface area contributed by atoms with Gasteiger partial charge in [0.2, 0.25) is 5.91 Å². The molecule has 5 rings (SSSR count). The van der Waals surface area contributed by atoms with Crippen molar-refractivity contribution < 1.29 is 13.9 Å². The Balaban J connectivity index is 1.38. The Bertz CT molecular complexity index is 1320. The van der Waals surface area contributed by atoms with Gasteiger partial charge in [0.05, 0.1) is 23.5 Å². The molecule has 0 aromatic carbocycles. The molecule has 180 valence electrons. The molecule has 5 heterocycles. The van der Waals surface area contributed by atoms with Crippen LogP contribution in [0.25, 0.3) is 16.6 Å². The van der Waals surface area contributed by atoms with Crippen LogP contribution in [-0.2, 0) is 4.79 Å². The zero-order chi connectivity index (χ0) is 24.6. The first-order valence-electron chi connectivity index (χ1n) is 11.5. The SMILES string of the molecule is C=C(C)C(=O)N1CCN(c2ccc(-c3cc(OCC4(F)CNC4)cn4ncc(C#N)c34)cn2)CC1. The maximum atomic E-state index is 14.4. The summed E-state index contributed by atoms with van der Waals surface area (Å²) in [7, 11) is 0. The van der Waals surface area contributed by atoms with Gasteiger partial charge in [-0.05, 0) is 25.1 Å². The normalized spacial score (nSPS) is 17.1. The van der Waals surface area contributed by atoms with E-state index in [-0.39, 0.29) is 25.6 Å². The van der Waals surface area contributed by atoms with Crippen LogP contribution in [0.3, 0.4) is 0 Å². The third-order valence-electron chi connectivity index (χ3n) is 6.40. The van der Waals surface area contributed by atoms with Crippen molar-refractivity contribution in [3.8, 4) is 22.9 Å². The van der Waals surface area contributed by atoms with E-state index in [0.717, 1.165) is 16.9 Å². The van der Waals surface area contributed by atoms with Crippen LogP contribution >= 0.6 is 0 Å². The average molecular weight is 476 g/mol. The van der Waals surface area contributed by atoms with Gasteiger partial charge in [-0.15, -0.1) is 0 Å². The van der Waals surface area contributed by atoms with Gasteiger partial charge in [-0.1, -0.05) is 6.58 Å². The van der Waals surface area contributed by atoms with Gasteiger partial charge in [0.1, 0.15) is 24.2 Å². The summed E-state index contributed by atoms with van der Waals surface area (Å²) in [6, 6.07) is 7.84. The summed E-state index contributed by atoms with van der Waals surface area (Å²) in [5.74, 6) is 1.26. The van der Waals surface area contributed by atoms with E-state index >= 15 is 0 Å². The molecule has 3 aromatic heterocycles. The van der Waals surface area contributed by atoms with Gasteiger partial charge in [-0.2, -0.15) is 10.4 Å². The Labute approximate surface area is 202 Å². The predicted octanol–water partition coefficient (Wildman–Crippen LogP) is 2.18. The number of alkyl halides is 1. The molecule has 0 saturated carbocycles. The number of nitrogens with one attached hydrogen (secondary N) is 1. The number of nitrogens with zero attached hydrogens (tertiary/aromatic N) is 6. The lowest BCUT2D eigenvalue weighted by atomic mass is 10.0. The molecule has 0 spiro atoms. The lowest BCUT2D eigenvalue weighted by Gasteiger charge is -2.35. The number of piperazine rings is 1. The second-order valence-corrected chi connectivity index (χ2v) is 9.06. The number of fused-ring (bicyclic) bond motifs is 1. The maximum Gasteiger partial charge on any atom is 0.249 e. The molecule has 2 fully saturated rings. The first kappa shape index (κ1) is 22.8. The van der Waals surface area contributed by atoms with Gasteiger partial charge in [0, 0.05) is 62.2 Å². The Morgan fingerprint density at radius 2 is 2.06 bits per heavy atom. The number of nitriles is 1. The molecular weight excluding hydrogens is 449 g/mol. The summed E-state index contributed by atoms with van der Waals surface area (Å²) in [6.07, 6.45) is 4.91. The lowest BCUT2D eigenvalue weighted by Crippen LogP contribution is -2.59. The van der Waals surface area contributed by atoms with Crippen LogP contribution < -0.4 is 15.0 Å². The molecule has 35 heavy (non-hydrogen) atoms. The molecule has 0 aliphatic carbocycles. The van der Waals surface area contributed by atoms with Crippen molar-refractivity contribution in [3.05, 3.63) is 54.5 Å². The number of hydrogen-bond donors (Lipinski definition) is 1. The zero-order valence-electron chi connectivity index (χ0n) is 19.5. The highest BCUT2D eigenvalue weighted by Gasteiger charge is 2.38. The van der Waals surface area contributed by atoms with E-state index in [2.05, 4.69) is 32.9 Å². The first-order valence-corrected chi connectivity index (χ1v) is 11.5. The summed E-state index contributed by atoms with van der Waals surface area (Å²) in [6.45, 7) is 8.53. The maximum absolute atomic E-state index is 14.4. The Morgan fingerprint density at radius 3 is 2.66 bits per heavy atom. The highest BCUT2D eigenvalue weighted by Crippen LogP contribution is 2.32. The third kappa shape index (κ3) is 4.42. The van der Waals surface area contributed by atoms with E-state index in [1.807, 2.05) is 12.1 Å². The van der Waals surface area contributed by atoms with Crippen molar-refractivity contribution >= 4 is 17.2 Å². The minimum atomic E-state index is -1.38. The number of aromatic nitrogens is 3. The standard InChI is InChI=1S/C25H26FN7O2/c1-17(2)24(34)32-7-5-31(6-8-32)22-4-3-18(11-29-22)21-9-20(35-16-25(26)14-28-15-25)13-33-23(21)19(10-27)12-30-33/h3-4,9,11-13,28H,1,5-8,14-16H2,2H3. The fraction of sp³-hybridized carbons (Fsp3) is 0.360. The van der Waals surface area contributed by atoms with Crippen molar-refractivity contribution in [1.82, 2.24) is 24.8 Å². The fourth-order valence-electron chi connectivity index (χ4n) is 4.33. The number of carbonyl (C=O) groups is 1. The predicted molar refractivity (Wildman–Crippen MR) is 129 cm³/mol. The van der Waals surface area contributed by atoms with E-state index in [0.29, 0.717) is 48.6 Å². The van der Waals surface area contributed by atoms with Crippen molar-refractivity contribution in [2.75, 3.05) is 50.8 Å². The van der Waals surface area contributed by atoms with Gasteiger partial charge in [0.25, 0.3) is 0 Å². The van der Waals surface area contributed by atoms with Gasteiger partial charge >= 0.3 is 0 Å². The number of anilines is 1. The van der Waals surface area contributed by atoms with Gasteiger partial charge in [-0.3, -0.25) is 4.79 Å². The average Bonchev–Trinajstić information content (AvgIpc) is 3.28. The third-order valence-corrected chi connectivity index (χ3v) is 6.40. The highest BCUT2D eigenvalue weighted by atomic mass is 19.1. The quantitative estimate of drug-likeness (QED) is 0.546. The molecule has 0 atom stereocenters. The van der Waals surface area contributed by atoms with Crippen molar-refractivity contribution in [2.45, 2.75) is 12.6 Å². The van der Waals surface area contributed by atoms with Gasteiger partial charge < -0.3 is 19.9 Å². The summed E-state index contributed by atoms with van der Waals surface area (Å²) in [5, 5.41) is 16.8. The number of hydrogen-bond acceptors (Lipinski definition) is 7. The van der Waals surface area contributed by atoms with Crippen LogP contribution in [0.5, 0.6) is 5.75 Å². The molecule has 0 bridgehead atoms. The summed E-state index contributed by atoms with van der Waals surface area (Å²) in [4.78, 5) is 20.7. The summed E-state index contributed by atoms with van der Waals surface area (Å²) >= 11 is 0. The zero-order valence-corrected chi connectivity index (χ0v) is 19.5. The first-order chi connectivity index (χ1) is 16.9. The van der Waals surface area contributed by atoms with E-state index in [4.69, 9.17) is 4.74 Å². The van der Waals surface area contributed by atoms with Crippen LogP contribution in [-0.4, -0.2) is 76.9 Å². The number of carbonyl (C=O) groups excluding carboxylic acids is 1. The molecule has 2 saturated heterocycles. The molecular formula is C25H26FN7O2. The summed E-state index contributed by atoms with van der Waals surface area (Å²) in [5.41, 5.74) is 1.76. The van der Waals surface area contributed by atoms with E-state index in [1.54, 1.807) is 34.8 Å². The fourth-order valence-corrected chi connectivity index (χ4v) is 4.33. The molecule has 2 aliphatic rings. The Kier molecular flexibility index (Phi) is 5.86. The highest BCUT2D eigenvalue weighted by molar-refractivity contribution is 5.92. The number of ether oxygens (including phenoxy) is 1. The van der Waals surface area contributed by atoms with Crippen LogP contribution in [0.15, 0.2) is 48.9 Å². The second-order valence-electron chi connectivity index (χ2n) is 9.06. The molecule has 10 heteroatoms. The Hall–Kier alpha value is -3.97. The number of amides is 1. The van der Waals surface area contributed by atoms with Crippen molar-refractivity contribution in [3.63, 3.8) is 0 Å². The molecule has 1 amide bonds. The van der Waals surface area contributed by atoms with Gasteiger partial charge in [-0.25, -0.2) is 13.9 Å². The van der Waals surface area contributed by atoms with Crippen LogP contribution in [0.2, 0.25) is 0 Å². The number of pyridine rings is 2. The molecule has 3 aromatic rings. The minimum absolute atomic E-state index is 0.0135. The Morgan fingerprint density at radius 1 is 1.29 bits per heavy atom. The van der Waals surface area contributed by atoms with Crippen molar-refractivity contribution in [1.29, 1.82) is 5.26 Å². The molecule has 2 aliphatic heterocycles. The molecule has 0 radical (unpaired) electrons. The van der Waals surface area contributed by atoms with Crippen LogP contribution in [0, 0.1) is 11.3 Å². The largest absolute Gasteiger partial charge is 0.489 e. The summed E-state index contributed by atoms with van der Waals surface area (Å²) < 4.78 is 21.8. The van der Waals surface area contributed by atoms with Crippen LogP contribution in [0.1, 0.15) is 12.5 Å². The number of rotatable bonds is 6. The van der Waals surface area contributed by atoms with Crippen molar-refractivity contribution in [2.24, 2.45) is 0 Å². The molecule has 1 N–H and O–H groups in total. The monoisotopic (exact) mass is 475 g/mol. The topological polar surface area (TPSA) is 98.8 Å². The lowest BCUT2D eigenvalue weighted by molar-refractivity contribution is -0.127. The van der Waals surface area contributed by atoms with E-state index < -0.39 is 5.67 Å². The molecule has 9 nitrogen and oxygen atoms in total. The van der Waals surface area contributed by atoms with E-state index in [1.165, 1.54) is 6.20 Å². The van der Waals surface area contributed by atoms with Crippen LogP contribution in [0.4, 0.5) is 10.2 Å². The van der Waals surface area contributed by atoms with E-state index in [9.17, 15) is 14.4 Å². The smallest absolute Gasteiger partial charge is 0.249 e. The van der Waals surface area contributed by atoms with Gasteiger partial charge in [0.15, 0.2) is 5.67 Å².